The molecule has 1 aliphatic rings. The smallest absolute Gasteiger partial charge is 0.251 e. The summed E-state index contributed by atoms with van der Waals surface area (Å²) in [4.78, 5) is 12.1. The minimum Gasteiger partial charge on any atom is -0.399 e. The van der Waals surface area contributed by atoms with E-state index in [1.807, 2.05) is 13.0 Å². The van der Waals surface area contributed by atoms with E-state index >= 15 is 0 Å². The summed E-state index contributed by atoms with van der Waals surface area (Å²) in [6.07, 6.45) is 6.34. The Kier molecular flexibility index (Phi) is 4.13. The van der Waals surface area contributed by atoms with Gasteiger partial charge in [0.05, 0.1) is 0 Å². The summed E-state index contributed by atoms with van der Waals surface area (Å²) >= 11 is 0. The molecule has 3 nitrogen and oxygen atoms in total. The third kappa shape index (κ3) is 3.49. The summed E-state index contributed by atoms with van der Waals surface area (Å²) in [5.41, 5.74) is 8.43. The lowest BCUT2D eigenvalue weighted by Gasteiger charge is -2.33. The molecule has 0 atom stereocenters. The molecule has 1 fully saturated rings. The Labute approximate surface area is 115 Å². The molecular formula is C16H24N2O. The number of hydrogen-bond donors (Lipinski definition) is 2. The normalized spacial score (nSPS) is 18.0. The van der Waals surface area contributed by atoms with Gasteiger partial charge in [-0.1, -0.05) is 26.2 Å². The van der Waals surface area contributed by atoms with E-state index in [0.717, 1.165) is 17.8 Å². The number of nitrogens with one attached hydrogen (secondary N) is 1. The molecule has 0 spiro atoms. The fraction of sp³-hybridized carbons (Fsp3) is 0.562. The summed E-state index contributed by atoms with van der Waals surface area (Å²) in [5.74, 6) is 0.00917. The number of benzene rings is 1. The van der Waals surface area contributed by atoms with E-state index in [0.29, 0.717) is 5.56 Å². The molecular weight excluding hydrogens is 236 g/mol. The van der Waals surface area contributed by atoms with Gasteiger partial charge in [-0.2, -0.15) is 0 Å². The molecule has 1 amide bonds. The Balaban J connectivity index is 1.95. The van der Waals surface area contributed by atoms with Crippen molar-refractivity contribution < 1.29 is 4.79 Å². The SMILES string of the molecule is Cc1cc(C(=O)NCC2(C)CCCCC2)ccc1N. The quantitative estimate of drug-likeness (QED) is 0.819. The molecule has 1 aromatic rings. The van der Waals surface area contributed by atoms with Crippen molar-refractivity contribution in [1.82, 2.24) is 5.32 Å². The first-order valence-corrected chi connectivity index (χ1v) is 7.15. The maximum atomic E-state index is 12.1. The maximum Gasteiger partial charge on any atom is 0.251 e. The van der Waals surface area contributed by atoms with Crippen molar-refractivity contribution in [1.29, 1.82) is 0 Å². The Morgan fingerprint density at radius 3 is 2.63 bits per heavy atom. The number of carbonyl (C=O) groups is 1. The Morgan fingerprint density at radius 1 is 1.32 bits per heavy atom. The number of hydrogen-bond acceptors (Lipinski definition) is 2. The Bertz CT molecular complexity index is 462. The first-order valence-electron chi connectivity index (χ1n) is 7.15. The lowest BCUT2D eigenvalue weighted by molar-refractivity contribution is 0.0919. The molecule has 0 bridgehead atoms. The van der Waals surface area contributed by atoms with E-state index in [1.54, 1.807) is 12.1 Å². The third-order valence-electron chi connectivity index (χ3n) is 4.27. The van der Waals surface area contributed by atoms with E-state index < -0.39 is 0 Å². The van der Waals surface area contributed by atoms with E-state index in [9.17, 15) is 4.79 Å². The number of amides is 1. The molecule has 3 heteroatoms. The highest BCUT2D eigenvalue weighted by Crippen LogP contribution is 2.34. The standard InChI is InChI=1S/C16H24N2O/c1-12-10-13(6-7-14(12)17)15(19)18-11-16(2)8-4-3-5-9-16/h6-7,10H,3-5,8-9,11,17H2,1-2H3,(H,18,19). The molecule has 0 unspecified atom stereocenters. The lowest BCUT2D eigenvalue weighted by atomic mass is 9.76. The van der Waals surface area contributed by atoms with Gasteiger partial charge in [0.25, 0.3) is 5.91 Å². The number of carbonyl (C=O) groups excluding carboxylic acids is 1. The van der Waals surface area contributed by atoms with Crippen molar-refractivity contribution in [3.05, 3.63) is 29.3 Å². The summed E-state index contributed by atoms with van der Waals surface area (Å²) in [6, 6.07) is 5.45. The zero-order chi connectivity index (χ0) is 13.9. The van der Waals surface area contributed by atoms with Crippen molar-refractivity contribution >= 4 is 11.6 Å². The summed E-state index contributed by atoms with van der Waals surface area (Å²) in [7, 11) is 0. The van der Waals surface area contributed by atoms with Gasteiger partial charge < -0.3 is 11.1 Å². The third-order valence-corrected chi connectivity index (χ3v) is 4.27. The highest BCUT2D eigenvalue weighted by atomic mass is 16.1. The predicted octanol–water partition coefficient (Wildman–Crippen LogP) is 3.28. The first-order chi connectivity index (χ1) is 9.00. The molecule has 0 radical (unpaired) electrons. The second-order valence-corrected chi connectivity index (χ2v) is 6.13. The molecule has 1 aromatic carbocycles. The zero-order valence-electron chi connectivity index (χ0n) is 12.0. The van der Waals surface area contributed by atoms with Crippen molar-refractivity contribution in [3.63, 3.8) is 0 Å². The van der Waals surface area contributed by atoms with Crippen LogP contribution in [0.4, 0.5) is 5.69 Å². The maximum absolute atomic E-state index is 12.1. The highest BCUT2D eigenvalue weighted by molar-refractivity contribution is 5.94. The van der Waals surface area contributed by atoms with Crippen molar-refractivity contribution in [2.24, 2.45) is 5.41 Å². The number of aryl methyl sites for hydroxylation is 1. The van der Waals surface area contributed by atoms with Crippen LogP contribution in [0.25, 0.3) is 0 Å². The molecule has 1 saturated carbocycles. The van der Waals surface area contributed by atoms with Gasteiger partial charge >= 0.3 is 0 Å². The van der Waals surface area contributed by atoms with Gasteiger partial charge in [-0.05, 0) is 48.9 Å². The van der Waals surface area contributed by atoms with Gasteiger partial charge in [0.1, 0.15) is 0 Å². The van der Waals surface area contributed by atoms with Crippen LogP contribution in [-0.2, 0) is 0 Å². The molecule has 3 N–H and O–H groups in total. The summed E-state index contributed by atoms with van der Waals surface area (Å²) in [5, 5.41) is 3.08. The molecule has 19 heavy (non-hydrogen) atoms. The second-order valence-electron chi connectivity index (χ2n) is 6.13. The van der Waals surface area contributed by atoms with Gasteiger partial charge in [-0.15, -0.1) is 0 Å². The van der Waals surface area contributed by atoms with Crippen LogP contribution in [-0.4, -0.2) is 12.5 Å². The van der Waals surface area contributed by atoms with Crippen LogP contribution in [0.5, 0.6) is 0 Å². The van der Waals surface area contributed by atoms with Crippen LogP contribution in [0.15, 0.2) is 18.2 Å². The van der Waals surface area contributed by atoms with Gasteiger partial charge in [0.15, 0.2) is 0 Å². The molecule has 104 valence electrons. The van der Waals surface area contributed by atoms with Crippen LogP contribution >= 0.6 is 0 Å². The predicted molar refractivity (Wildman–Crippen MR) is 79.1 cm³/mol. The fourth-order valence-electron chi connectivity index (χ4n) is 2.79. The van der Waals surface area contributed by atoms with E-state index in [-0.39, 0.29) is 11.3 Å². The average molecular weight is 260 g/mol. The fourth-order valence-corrected chi connectivity index (χ4v) is 2.79. The largest absolute Gasteiger partial charge is 0.399 e. The van der Waals surface area contributed by atoms with Crippen LogP contribution in [0.3, 0.4) is 0 Å². The van der Waals surface area contributed by atoms with Crippen LogP contribution in [0.1, 0.15) is 54.9 Å². The van der Waals surface area contributed by atoms with Crippen LogP contribution in [0, 0.1) is 12.3 Å². The topological polar surface area (TPSA) is 55.1 Å². The molecule has 1 aliphatic carbocycles. The Hall–Kier alpha value is -1.51. The minimum absolute atomic E-state index is 0.00917. The van der Waals surface area contributed by atoms with Gasteiger partial charge in [-0.25, -0.2) is 0 Å². The van der Waals surface area contributed by atoms with Crippen LogP contribution in [0.2, 0.25) is 0 Å². The van der Waals surface area contributed by atoms with E-state index in [2.05, 4.69) is 12.2 Å². The molecule has 0 heterocycles. The van der Waals surface area contributed by atoms with Crippen molar-refractivity contribution in [2.45, 2.75) is 46.0 Å². The lowest BCUT2D eigenvalue weighted by Crippen LogP contribution is -2.37. The number of nitrogen functional groups attached to an aromatic ring is 1. The monoisotopic (exact) mass is 260 g/mol. The summed E-state index contributed by atoms with van der Waals surface area (Å²) in [6.45, 7) is 4.98. The van der Waals surface area contributed by atoms with Gasteiger partial charge in [0, 0.05) is 17.8 Å². The van der Waals surface area contributed by atoms with Gasteiger partial charge in [-0.3, -0.25) is 4.79 Å². The Morgan fingerprint density at radius 2 is 2.00 bits per heavy atom. The summed E-state index contributed by atoms with van der Waals surface area (Å²) < 4.78 is 0. The van der Waals surface area contributed by atoms with E-state index in [4.69, 9.17) is 5.73 Å². The highest BCUT2D eigenvalue weighted by Gasteiger charge is 2.27. The van der Waals surface area contributed by atoms with Crippen molar-refractivity contribution in [2.75, 3.05) is 12.3 Å². The minimum atomic E-state index is 0.00917. The van der Waals surface area contributed by atoms with Crippen molar-refractivity contribution in [3.8, 4) is 0 Å². The first kappa shape index (κ1) is 13.9. The number of nitrogens with two attached hydrogens (primary N) is 1. The number of rotatable bonds is 3. The van der Waals surface area contributed by atoms with Gasteiger partial charge in [0.2, 0.25) is 0 Å². The second kappa shape index (κ2) is 5.64. The molecule has 2 rings (SSSR count). The van der Waals surface area contributed by atoms with Crippen LogP contribution < -0.4 is 11.1 Å². The van der Waals surface area contributed by atoms with E-state index in [1.165, 1.54) is 32.1 Å². The molecule has 0 saturated heterocycles. The molecule has 0 aliphatic heterocycles. The number of anilines is 1. The molecule has 0 aromatic heterocycles. The zero-order valence-corrected chi connectivity index (χ0v) is 12.0. The average Bonchev–Trinajstić information content (AvgIpc) is 2.40.